The molecule has 0 aromatic heterocycles. The zero-order chi connectivity index (χ0) is 41.5. The third-order valence-corrected chi connectivity index (χ3v) is 13.4. The van der Waals surface area contributed by atoms with Crippen LogP contribution in [0.15, 0.2) is 24.3 Å². The Labute approximate surface area is 354 Å². The Balaban J connectivity index is 1.000. The third kappa shape index (κ3) is 17.8. The number of hydrogen-bond donors (Lipinski definition) is 5. The summed E-state index contributed by atoms with van der Waals surface area (Å²) in [5.74, 6) is 1.81. The Kier molecular flexibility index (Phi) is 22.3. The fourth-order valence-electron chi connectivity index (χ4n) is 8.43. The lowest BCUT2D eigenvalue weighted by Crippen LogP contribution is -2.51. The van der Waals surface area contributed by atoms with Crippen LogP contribution in [0.5, 0.6) is 0 Å². The molecule has 5 amide bonds. The smallest absolute Gasteiger partial charge is 0.315 e. The van der Waals surface area contributed by atoms with Gasteiger partial charge >= 0.3 is 6.03 Å². The molecule has 0 spiro atoms. The van der Waals surface area contributed by atoms with Gasteiger partial charge in [-0.1, -0.05) is 45.2 Å². The average Bonchev–Trinajstić information content (AvgIpc) is 3.76. The highest BCUT2D eigenvalue weighted by Gasteiger charge is 2.42. The highest BCUT2D eigenvalue weighted by atomic mass is 32.2. The van der Waals surface area contributed by atoms with E-state index in [1.807, 2.05) is 23.9 Å². The maximum absolute atomic E-state index is 12.7. The van der Waals surface area contributed by atoms with Gasteiger partial charge in [-0.15, -0.1) is 13.1 Å². The van der Waals surface area contributed by atoms with Gasteiger partial charge in [-0.3, -0.25) is 19.3 Å². The minimum atomic E-state index is -0.0568. The van der Waals surface area contributed by atoms with Crippen molar-refractivity contribution in [2.45, 2.75) is 134 Å². The highest BCUT2D eigenvalue weighted by molar-refractivity contribution is 8.00. The van der Waals surface area contributed by atoms with E-state index >= 15 is 0 Å². The molecular weight excluding hydrogens is 749 g/mol. The number of carbonyl (C=O) groups excluding carboxylic acids is 4. The van der Waals surface area contributed by atoms with Crippen molar-refractivity contribution in [3.8, 4) is 0 Å². The Morgan fingerprint density at radius 1 is 0.845 bits per heavy atom. The molecular formula is C45H76N8O4S-2. The quantitative estimate of drug-likeness (QED) is 0.0437. The molecule has 5 atom stereocenters. The summed E-state index contributed by atoms with van der Waals surface area (Å²) in [6.07, 6.45) is 12.8. The van der Waals surface area contributed by atoms with Gasteiger partial charge in [-0.25, -0.2) is 4.79 Å². The zero-order valence-corrected chi connectivity index (χ0v) is 36.7. The molecule has 1 aromatic carbocycles. The summed E-state index contributed by atoms with van der Waals surface area (Å²) in [7, 11) is 0. The van der Waals surface area contributed by atoms with Crippen molar-refractivity contribution in [1.29, 1.82) is 0 Å². The van der Waals surface area contributed by atoms with Gasteiger partial charge < -0.3 is 50.2 Å². The summed E-state index contributed by atoms with van der Waals surface area (Å²) in [6.45, 7) is 22.2. The Hall–Kier alpha value is -2.87. The van der Waals surface area contributed by atoms with Crippen molar-refractivity contribution in [2.24, 2.45) is 5.92 Å². The van der Waals surface area contributed by atoms with Gasteiger partial charge in [0.15, 0.2) is 0 Å². The number of benzene rings is 1. The molecule has 328 valence electrons. The van der Waals surface area contributed by atoms with Gasteiger partial charge in [0.05, 0.1) is 12.1 Å². The number of hydrogen-bond acceptors (Lipinski definition) is 8. The summed E-state index contributed by atoms with van der Waals surface area (Å²) >= 11 is 1.91. The van der Waals surface area contributed by atoms with E-state index in [0.29, 0.717) is 49.6 Å². The monoisotopic (exact) mass is 825 g/mol. The van der Waals surface area contributed by atoms with Gasteiger partial charge in [0.2, 0.25) is 17.7 Å². The molecule has 0 bridgehead atoms. The van der Waals surface area contributed by atoms with Gasteiger partial charge in [0.25, 0.3) is 0 Å². The summed E-state index contributed by atoms with van der Waals surface area (Å²) < 4.78 is 0. The Morgan fingerprint density at radius 3 is 2.16 bits per heavy atom. The maximum Gasteiger partial charge on any atom is 0.315 e. The van der Waals surface area contributed by atoms with Crippen molar-refractivity contribution >= 4 is 41.2 Å². The second-order valence-corrected chi connectivity index (χ2v) is 18.1. The first-order chi connectivity index (χ1) is 28.2. The average molecular weight is 825 g/mol. The maximum atomic E-state index is 12.7. The molecule has 0 saturated carbocycles. The van der Waals surface area contributed by atoms with E-state index in [9.17, 15) is 19.2 Å². The minimum absolute atomic E-state index is 0.0288. The van der Waals surface area contributed by atoms with Crippen LogP contribution in [0.3, 0.4) is 0 Å². The molecule has 12 nitrogen and oxygen atoms in total. The van der Waals surface area contributed by atoms with E-state index in [0.717, 1.165) is 134 Å². The number of thioether (sulfide) groups is 1. The van der Waals surface area contributed by atoms with E-state index in [1.54, 1.807) is 0 Å². The molecule has 5 N–H and O–H groups in total. The van der Waals surface area contributed by atoms with E-state index in [-0.39, 0.29) is 35.8 Å². The first-order valence-corrected chi connectivity index (χ1v) is 23.6. The van der Waals surface area contributed by atoms with Crippen molar-refractivity contribution in [3.63, 3.8) is 0 Å². The van der Waals surface area contributed by atoms with Gasteiger partial charge in [0.1, 0.15) is 0 Å². The summed E-state index contributed by atoms with van der Waals surface area (Å²) in [5, 5.41) is 15.5. The number of nitrogens with one attached hydrogen (secondary N) is 5. The lowest BCUT2D eigenvalue weighted by Gasteiger charge is -2.41. The van der Waals surface area contributed by atoms with Crippen LogP contribution in [0, 0.1) is 19.8 Å². The first kappa shape index (κ1) is 47.8. The lowest BCUT2D eigenvalue weighted by atomic mass is 9.98. The number of fused-ring (bicyclic) bond motifs is 1. The number of anilines is 1. The summed E-state index contributed by atoms with van der Waals surface area (Å²) in [5.41, 5.74) is 2.14. The minimum Gasteiger partial charge on any atom is -0.361 e. The van der Waals surface area contributed by atoms with Crippen LogP contribution >= 0.6 is 11.8 Å². The van der Waals surface area contributed by atoms with Crippen molar-refractivity contribution in [1.82, 2.24) is 36.0 Å². The van der Waals surface area contributed by atoms with Gasteiger partial charge in [0, 0.05) is 81.3 Å². The van der Waals surface area contributed by atoms with Gasteiger partial charge in [-0.05, 0) is 94.5 Å². The fraction of sp³-hybridized carbons (Fsp3) is 0.733. The SMILES string of the molecule is [CH2-]CN(C[CH2-])CCN1CCC(C)CN(CCC)C(Cc2ccc(NC(=O)CCCCCNC(=O)CCCCCNC(=O)CCCCC3SCC4NC(=O)NC43)cc2)C1. The van der Waals surface area contributed by atoms with Crippen LogP contribution in [-0.4, -0.2) is 133 Å². The molecule has 3 heterocycles. The Bertz CT molecular complexity index is 1360. The predicted molar refractivity (Wildman–Crippen MR) is 239 cm³/mol. The second-order valence-electron chi connectivity index (χ2n) is 16.8. The van der Waals surface area contributed by atoms with Crippen LogP contribution in [0.2, 0.25) is 0 Å². The van der Waals surface area contributed by atoms with Crippen molar-refractivity contribution in [3.05, 3.63) is 43.7 Å². The van der Waals surface area contributed by atoms with Crippen molar-refractivity contribution < 1.29 is 19.2 Å². The summed E-state index contributed by atoms with van der Waals surface area (Å²) in [4.78, 5) is 56.4. The molecule has 3 aliphatic rings. The molecule has 3 aliphatic heterocycles. The predicted octanol–water partition coefficient (Wildman–Crippen LogP) is 5.64. The van der Waals surface area contributed by atoms with Crippen molar-refractivity contribution in [2.75, 3.05) is 76.5 Å². The molecule has 3 fully saturated rings. The number of amides is 5. The van der Waals surface area contributed by atoms with E-state index in [1.165, 1.54) is 12.0 Å². The summed E-state index contributed by atoms with van der Waals surface area (Å²) in [6, 6.07) is 9.29. The molecule has 5 unspecified atom stereocenters. The van der Waals surface area contributed by atoms with Crippen LogP contribution in [0.25, 0.3) is 0 Å². The van der Waals surface area contributed by atoms with Crippen LogP contribution in [0.1, 0.15) is 109 Å². The van der Waals surface area contributed by atoms with Crippen LogP contribution in [0.4, 0.5) is 10.5 Å². The van der Waals surface area contributed by atoms with Gasteiger partial charge in [-0.2, -0.15) is 11.8 Å². The highest BCUT2D eigenvalue weighted by Crippen LogP contribution is 2.33. The second kappa shape index (κ2) is 27.1. The number of urea groups is 1. The normalized spacial score (nSPS) is 22.5. The molecule has 13 heteroatoms. The topological polar surface area (TPSA) is 138 Å². The molecule has 3 saturated heterocycles. The van der Waals surface area contributed by atoms with E-state index in [4.69, 9.17) is 0 Å². The molecule has 0 radical (unpaired) electrons. The Morgan fingerprint density at radius 2 is 1.50 bits per heavy atom. The van der Waals surface area contributed by atoms with E-state index < -0.39 is 0 Å². The zero-order valence-electron chi connectivity index (χ0n) is 35.9. The molecule has 0 aliphatic carbocycles. The lowest BCUT2D eigenvalue weighted by molar-refractivity contribution is -0.122. The fourth-order valence-corrected chi connectivity index (χ4v) is 9.97. The number of carbonyl (C=O) groups is 4. The van der Waals surface area contributed by atoms with Crippen LogP contribution in [-0.2, 0) is 20.8 Å². The largest absolute Gasteiger partial charge is 0.361 e. The van der Waals surface area contributed by atoms with E-state index in [2.05, 4.69) is 81.1 Å². The number of nitrogens with zero attached hydrogens (tertiary/aromatic N) is 3. The third-order valence-electron chi connectivity index (χ3n) is 11.9. The molecule has 4 rings (SSSR count). The molecule has 58 heavy (non-hydrogen) atoms. The standard InChI is InChI=1S/C45H76N8O4S/c1-5-27-53-32-35(4)24-28-52(30-29-51(6-2)7-3)33-38(53)31-36-20-22-37(23-21-36)48-43(56)19-11-9-15-26-46-41(54)17-10-8-14-25-47-42(55)18-13-12-16-40-44-39(34-58-40)49-45(57)50-44/h20-23,35,38-40,44H,2-3,5-19,24-34H2,1,4H3,(H,46,54)(H,47,55)(H,48,56)(H2,49,50,57)/q-2. The molecule has 1 aromatic rings. The van der Waals surface area contributed by atoms with Crippen LogP contribution < -0.4 is 26.6 Å². The number of rotatable bonds is 27. The first-order valence-electron chi connectivity index (χ1n) is 22.5. The number of unbranched alkanes of at least 4 members (excludes halogenated alkanes) is 5.